The molecule has 1 heterocycles. The van der Waals surface area contributed by atoms with Crippen molar-refractivity contribution in [3.8, 4) is 34.0 Å². The van der Waals surface area contributed by atoms with Crippen molar-refractivity contribution in [1.82, 2.24) is 9.97 Å². The zero-order valence-corrected chi connectivity index (χ0v) is 17.8. The summed E-state index contributed by atoms with van der Waals surface area (Å²) in [5.74, 6) is 1.08. The summed E-state index contributed by atoms with van der Waals surface area (Å²) in [6.45, 7) is 2.64. The van der Waals surface area contributed by atoms with Crippen LogP contribution in [-0.4, -0.2) is 27.9 Å². The first-order valence-electron chi connectivity index (χ1n) is 10.5. The summed E-state index contributed by atoms with van der Waals surface area (Å²) >= 11 is 0. The molecule has 2 N–H and O–H groups in total. The second-order valence-corrected chi connectivity index (χ2v) is 7.13. The molecule has 0 aliphatic rings. The highest BCUT2D eigenvalue weighted by molar-refractivity contribution is 5.84. The Kier molecular flexibility index (Phi) is 6.72. The number of hydrogen-bond acceptors (Lipinski definition) is 6. The first kappa shape index (κ1) is 21.1. The summed E-state index contributed by atoms with van der Waals surface area (Å²) in [6, 6.07) is 26.9. The van der Waals surface area contributed by atoms with Gasteiger partial charge in [-0.1, -0.05) is 67.6 Å². The van der Waals surface area contributed by atoms with Gasteiger partial charge in [0.05, 0.1) is 24.2 Å². The summed E-state index contributed by atoms with van der Waals surface area (Å²) in [6.07, 6.45) is 2.43. The van der Waals surface area contributed by atoms with Crippen molar-refractivity contribution >= 4 is 12.2 Å². The second kappa shape index (κ2) is 10.2. The maximum atomic E-state index is 10.2. The SMILES string of the molecule is CCCOc1ccc(/C=N/Nc2nc(-c3ccccc3)cc(-c3ccccc3)n2)c(O)c1. The maximum Gasteiger partial charge on any atom is 0.244 e. The number of nitrogens with zero attached hydrogens (tertiary/aromatic N) is 3. The minimum absolute atomic E-state index is 0.0908. The average molecular weight is 425 g/mol. The van der Waals surface area contributed by atoms with Crippen LogP contribution in [0.2, 0.25) is 0 Å². The van der Waals surface area contributed by atoms with E-state index in [1.54, 1.807) is 18.2 Å². The summed E-state index contributed by atoms with van der Waals surface area (Å²) < 4.78 is 5.54. The van der Waals surface area contributed by atoms with E-state index in [0.717, 1.165) is 28.9 Å². The molecule has 0 spiro atoms. The Morgan fingerprint density at radius 2 is 1.50 bits per heavy atom. The number of nitrogens with one attached hydrogen (secondary N) is 1. The number of benzene rings is 3. The van der Waals surface area contributed by atoms with E-state index in [-0.39, 0.29) is 5.75 Å². The Morgan fingerprint density at radius 3 is 2.06 bits per heavy atom. The van der Waals surface area contributed by atoms with E-state index in [1.807, 2.05) is 73.7 Å². The van der Waals surface area contributed by atoms with Crippen LogP contribution in [0.5, 0.6) is 11.5 Å². The molecule has 0 radical (unpaired) electrons. The van der Waals surface area contributed by atoms with Gasteiger partial charge in [0, 0.05) is 22.8 Å². The third-order valence-electron chi connectivity index (χ3n) is 4.71. The second-order valence-electron chi connectivity index (χ2n) is 7.13. The Morgan fingerprint density at radius 1 is 0.875 bits per heavy atom. The molecule has 1 aromatic heterocycles. The Hall–Kier alpha value is -4.19. The molecule has 0 amide bonds. The Bertz CT molecular complexity index is 1140. The monoisotopic (exact) mass is 424 g/mol. The molecule has 4 rings (SSSR count). The van der Waals surface area contributed by atoms with E-state index in [9.17, 15) is 5.11 Å². The van der Waals surface area contributed by atoms with Gasteiger partial charge in [0.1, 0.15) is 11.5 Å². The van der Waals surface area contributed by atoms with Crippen molar-refractivity contribution < 1.29 is 9.84 Å². The molecule has 32 heavy (non-hydrogen) atoms. The molecule has 0 saturated heterocycles. The lowest BCUT2D eigenvalue weighted by Crippen LogP contribution is -2.00. The van der Waals surface area contributed by atoms with Gasteiger partial charge >= 0.3 is 0 Å². The largest absolute Gasteiger partial charge is 0.507 e. The lowest BCUT2D eigenvalue weighted by atomic mass is 10.1. The van der Waals surface area contributed by atoms with Crippen LogP contribution in [0.15, 0.2) is 90.0 Å². The maximum absolute atomic E-state index is 10.2. The predicted octanol–water partition coefficient (Wildman–Crippen LogP) is 5.75. The van der Waals surface area contributed by atoms with Crippen LogP contribution in [0.4, 0.5) is 5.95 Å². The van der Waals surface area contributed by atoms with Gasteiger partial charge in [-0.3, -0.25) is 0 Å². The topological polar surface area (TPSA) is 79.6 Å². The lowest BCUT2D eigenvalue weighted by Gasteiger charge is -2.08. The highest BCUT2D eigenvalue weighted by atomic mass is 16.5. The van der Waals surface area contributed by atoms with Crippen molar-refractivity contribution in [1.29, 1.82) is 0 Å². The van der Waals surface area contributed by atoms with Gasteiger partial charge in [0.25, 0.3) is 0 Å². The van der Waals surface area contributed by atoms with E-state index in [1.165, 1.54) is 6.21 Å². The quantitative estimate of drug-likeness (QED) is 0.278. The molecule has 0 unspecified atom stereocenters. The standard InChI is InChI=1S/C26H24N4O2/c1-2-15-32-22-14-13-21(25(31)16-22)18-27-30-26-28-23(19-9-5-3-6-10-19)17-24(29-26)20-11-7-4-8-12-20/h3-14,16-18,31H,2,15H2,1H3,(H,28,29,30)/b27-18+. The third-order valence-corrected chi connectivity index (χ3v) is 4.71. The fraction of sp³-hybridized carbons (Fsp3) is 0.115. The van der Waals surface area contributed by atoms with E-state index < -0.39 is 0 Å². The number of phenolic OH excluding ortho intramolecular Hbond substituents is 1. The number of aromatic nitrogens is 2. The van der Waals surface area contributed by atoms with Gasteiger partial charge in [0.2, 0.25) is 5.95 Å². The molecule has 0 aliphatic carbocycles. The van der Waals surface area contributed by atoms with Gasteiger partial charge < -0.3 is 9.84 Å². The fourth-order valence-corrected chi connectivity index (χ4v) is 3.11. The molecule has 6 nitrogen and oxygen atoms in total. The van der Waals surface area contributed by atoms with Crippen LogP contribution in [0.25, 0.3) is 22.5 Å². The van der Waals surface area contributed by atoms with Gasteiger partial charge in [-0.05, 0) is 24.6 Å². The Labute approximate surface area is 187 Å². The minimum Gasteiger partial charge on any atom is -0.507 e. The molecule has 3 aromatic carbocycles. The molecule has 0 aliphatic heterocycles. The molecule has 4 aromatic rings. The number of anilines is 1. The zero-order valence-electron chi connectivity index (χ0n) is 17.8. The average Bonchev–Trinajstić information content (AvgIpc) is 2.85. The fourth-order valence-electron chi connectivity index (χ4n) is 3.11. The highest BCUT2D eigenvalue weighted by Crippen LogP contribution is 2.25. The first-order valence-corrected chi connectivity index (χ1v) is 10.5. The van der Waals surface area contributed by atoms with Crippen molar-refractivity contribution in [3.05, 3.63) is 90.5 Å². The molecular weight excluding hydrogens is 400 g/mol. The van der Waals surface area contributed by atoms with Gasteiger partial charge in [-0.25, -0.2) is 15.4 Å². The first-order chi connectivity index (χ1) is 15.7. The summed E-state index contributed by atoms with van der Waals surface area (Å²) in [4.78, 5) is 9.22. The molecule has 160 valence electrons. The number of hydrogen-bond donors (Lipinski definition) is 2. The molecule has 0 saturated carbocycles. The normalized spacial score (nSPS) is 10.9. The summed E-state index contributed by atoms with van der Waals surface area (Å²) in [5.41, 5.74) is 7.00. The van der Waals surface area contributed by atoms with Crippen LogP contribution in [0, 0.1) is 0 Å². The number of hydrazone groups is 1. The molecule has 0 bridgehead atoms. The van der Waals surface area contributed by atoms with Crippen LogP contribution >= 0.6 is 0 Å². The smallest absolute Gasteiger partial charge is 0.244 e. The molecule has 0 fully saturated rings. The van der Waals surface area contributed by atoms with E-state index in [4.69, 9.17) is 4.74 Å². The van der Waals surface area contributed by atoms with Crippen LogP contribution in [0.3, 0.4) is 0 Å². The van der Waals surface area contributed by atoms with E-state index in [2.05, 4.69) is 20.5 Å². The number of aromatic hydroxyl groups is 1. The van der Waals surface area contributed by atoms with Crippen molar-refractivity contribution in [3.63, 3.8) is 0 Å². The highest BCUT2D eigenvalue weighted by Gasteiger charge is 2.08. The number of phenols is 1. The third kappa shape index (κ3) is 5.29. The number of ether oxygens (including phenoxy) is 1. The van der Waals surface area contributed by atoms with Crippen molar-refractivity contribution in [2.45, 2.75) is 13.3 Å². The van der Waals surface area contributed by atoms with E-state index in [0.29, 0.717) is 23.9 Å². The van der Waals surface area contributed by atoms with Crippen LogP contribution in [-0.2, 0) is 0 Å². The molecule has 0 atom stereocenters. The van der Waals surface area contributed by atoms with Gasteiger partial charge in [-0.15, -0.1) is 0 Å². The minimum atomic E-state index is 0.0908. The van der Waals surface area contributed by atoms with Gasteiger partial charge in [-0.2, -0.15) is 5.10 Å². The molecule has 6 heteroatoms. The van der Waals surface area contributed by atoms with E-state index >= 15 is 0 Å². The van der Waals surface area contributed by atoms with Gasteiger partial charge in [0.15, 0.2) is 0 Å². The van der Waals surface area contributed by atoms with Crippen LogP contribution < -0.4 is 10.2 Å². The van der Waals surface area contributed by atoms with Crippen molar-refractivity contribution in [2.75, 3.05) is 12.0 Å². The van der Waals surface area contributed by atoms with Crippen LogP contribution in [0.1, 0.15) is 18.9 Å². The number of rotatable bonds is 8. The Balaban J connectivity index is 1.59. The zero-order chi connectivity index (χ0) is 22.2. The predicted molar refractivity (Wildman–Crippen MR) is 128 cm³/mol. The summed E-state index contributed by atoms with van der Waals surface area (Å²) in [5, 5.41) is 14.5. The molecular formula is C26H24N4O2. The van der Waals surface area contributed by atoms with Crippen molar-refractivity contribution in [2.24, 2.45) is 5.10 Å². The lowest BCUT2D eigenvalue weighted by molar-refractivity contribution is 0.315. The summed E-state index contributed by atoms with van der Waals surface area (Å²) in [7, 11) is 0.